The standard InChI is InChI=1S/C19H14O4S/c20-19(21)12-10-15-6-3-4-8-18(15)24(22,23)17-11-9-14-5-1-2-7-16(14)13-17/h1-13H,(H,20,21)/b12-10+. The van der Waals surface area contributed by atoms with E-state index in [1.165, 1.54) is 12.1 Å². The third kappa shape index (κ3) is 3.07. The molecule has 0 saturated carbocycles. The van der Waals surface area contributed by atoms with Gasteiger partial charge in [0.05, 0.1) is 9.79 Å². The zero-order valence-corrected chi connectivity index (χ0v) is 13.4. The summed E-state index contributed by atoms with van der Waals surface area (Å²) in [6, 6.07) is 18.8. The second kappa shape index (κ2) is 6.29. The van der Waals surface area contributed by atoms with Crippen LogP contribution in [0.4, 0.5) is 0 Å². The van der Waals surface area contributed by atoms with Crippen LogP contribution in [-0.4, -0.2) is 19.5 Å². The summed E-state index contributed by atoms with van der Waals surface area (Å²) in [5.74, 6) is -1.13. The first-order chi connectivity index (χ1) is 11.5. The summed E-state index contributed by atoms with van der Waals surface area (Å²) in [5.41, 5.74) is 0.341. The fourth-order valence-corrected chi connectivity index (χ4v) is 3.97. The lowest BCUT2D eigenvalue weighted by Crippen LogP contribution is -2.04. The van der Waals surface area contributed by atoms with Gasteiger partial charge in [-0.2, -0.15) is 0 Å². The molecule has 0 saturated heterocycles. The minimum atomic E-state index is -3.75. The second-order valence-corrected chi connectivity index (χ2v) is 7.14. The molecule has 24 heavy (non-hydrogen) atoms. The highest BCUT2D eigenvalue weighted by molar-refractivity contribution is 7.91. The number of carboxylic acid groups (broad SMARTS) is 1. The van der Waals surface area contributed by atoms with Gasteiger partial charge < -0.3 is 5.11 Å². The van der Waals surface area contributed by atoms with Crippen molar-refractivity contribution < 1.29 is 18.3 Å². The zero-order chi connectivity index (χ0) is 17.2. The molecule has 0 amide bonds. The van der Waals surface area contributed by atoms with E-state index in [4.69, 9.17) is 5.11 Å². The van der Waals surface area contributed by atoms with Gasteiger partial charge in [0.2, 0.25) is 9.84 Å². The van der Waals surface area contributed by atoms with Gasteiger partial charge in [0, 0.05) is 6.08 Å². The predicted octanol–water partition coefficient (Wildman–Crippen LogP) is 3.77. The van der Waals surface area contributed by atoms with Crippen LogP contribution in [0.5, 0.6) is 0 Å². The topological polar surface area (TPSA) is 71.4 Å². The number of hydrogen-bond acceptors (Lipinski definition) is 3. The van der Waals surface area contributed by atoms with Crippen molar-refractivity contribution in [2.24, 2.45) is 0 Å². The molecule has 1 N–H and O–H groups in total. The summed E-state index contributed by atoms with van der Waals surface area (Å²) in [5, 5.41) is 10.6. The lowest BCUT2D eigenvalue weighted by atomic mass is 10.1. The highest BCUT2D eigenvalue weighted by Crippen LogP contribution is 2.27. The number of carboxylic acids is 1. The molecular weight excluding hydrogens is 324 g/mol. The molecule has 0 bridgehead atoms. The number of rotatable bonds is 4. The Hall–Kier alpha value is -2.92. The molecule has 0 fully saturated rings. The van der Waals surface area contributed by atoms with Gasteiger partial charge >= 0.3 is 5.97 Å². The number of benzene rings is 3. The highest BCUT2D eigenvalue weighted by Gasteiger charge is 2.20. The number of fused-ring (bicyclic) bond motifs is 1. The van der Waals surface area contributed by atoms with Crippen molar-refractivity contribution in [1.29, 1.82) is 0 Å². The van der Waals surface area contributed by atoms with Gasteiger partial charge in [0.1, 0.15) is 0 Å². The molecule has 0 atom stereocenters. The fraction of sp³-hybridized carbons (Fsp3) is 0. The maximum absolute atomic E-state index is 13.0. The van der Waals surface area contributed by atoms with Crippen LogP contribution >= 0.6 is 0 Å². The Kier molecular flexibility index (Phi) is 4.18. The van der Waals surface area contributed by atoms with E-state index in [0.29, 0.717) is 5.56 Å². The van der Waals surface area contributed by atoms with Gasteiger partial charge in [0.15, 0.2) is 0 Å². The summed E-state index contributed by atoms with van der Waals surface area (Å²) < 4.78 is 25.9. The first kappa shape index (κ1) is 16.0. The number of sulfone groups is 1. The number of hydrogen-bond donors (Lipinski definition) is 1. The molecule has 3 aromatic rings. The van der Waals surface area contributed by atoms with E-state index < -0.39 is 15.8 Å². The third-order valence-electron chi connectivity index (χ3n) is 3.65. The largest absolute Gasteiger partial charge is 0.478 e. The Morgan fingerprint density at radius 1 is 0.875 bits per heavy atom. The zero-order valence-electron chi connectivity index (χ0n) is 12.6. The second-order valence-electron chi connectivity index (χ2n) is 5.22. The summed E-state index contributed by atoms with van der Waals surface area (Å²) >= 11 is 0. The number of carbonyl (C=O) groups is 1. The SMILES string of the molecule is O=C(O)/C=C/c1ccccc1S(=O)(=O)c1ccc2ccccc2c1. The minimum Gasteiger partial charge on any atom is -0.478 e. The Morgan fingerprint density at radius 3 is 2.29 bits per heavy atom. The van der Waals surface area contributed by atoms with Crippen LogP contribution < -0.4 is 0 Å². The average molecular weight is 338 g/mol. The molecule has 0 aromatic heterocycles. The highest BCUT2D eigenvalue weighted by atomic mass is 32.2. The van der Waals surface area contributed by atoms with Crippen LogP contribution in [0.25, 0.3) is 16.8 Å². The monoisotopic (exact) mass is 338 g/mol. The van der Waals surface area contributed by atoms with E-state index in [9.17, 15) is 13.2 Å². The quantitative estimate of drug-likeness (QED) is 0.735. The Balaban J connectivity index is 2.15. The molecule has 0 heterocycles. The van der Waals surface area contributed by atoms with Crippen LogP contribution in [0.3, 0.4) is 0 Å². The van der Waals surface area contributed by atoms with Gasteiger partial charge in [-0.05, 0) is 40.6 Å². The van der Waals surface area contributed by atoms with Crippen LogP contribution in [0.2, 0.25) is 0 Å². The summed E-state index contributed by atoms with van der Waals surface area (Å²) in [4.78, 5) is 11.0. The lowest BCUT2D eigenvalue weighted by molar-refractivity contribution is -0.131. The van der Waals surface area contributed by atoms with E-state index in [2.05, 4.69) is 0 Å². The third-order valence-corrected chi connectivity index (χ3v) is 5.47. The van der Waals surface area contributed by atoms with Gasteiger partial charge in [-0.25, -0.2) is 13.2 Å². The molecule has 120 valence electrons. The summed E-state index contributed by atoms with van der Waals surface area (Å²) in [7, 11) is -3.75. The van der Waals surface area contributed by atoms with E-state index in [1.54, 1.807) is 36.4 Å². The first-order valence-corrected chi connectivity index (χ1v) is 8.71. The Bertz CT molecular complexity index is 1050. The van der Waals surface area contributed by atoms with Gasteiger partial charge in [0.25, 0.3) is 0 Å². The lowest BCUT2D eigenvalue weighted by Gasteiger charge is -2.09. The van der Waals surface area contributed by atoms with Gasteiger partial charge in [-0.15, -0.1) is 0 Å². The van der Waals surface area contributed by atoms with Crippen molar-refractivity contribution in [2.75, 3.05) is 0 Å². The van der Waals surface area contributed by atoms with E-state index in [1.807, 2.05) is 24.3 Å². The van der Waals surface area contributed by atoms with E-state index in [-0.39, 0.29) is 9.79 Å². The van der Waals surface area contributed by atoms with Crippen molar-refractivity contribution in [2.45, 2.75) is 9.79 Å². The van der Waals surface area contributed by atoms with E-state index >= 15 is 0 Å². The normalized spacial score (nSPS) is 11.8. The smallest absolute Gasteiger partial charge is 0.328 e. The molecule has 0 spiro atoms. The molecular formula is C19H14O4S. The molecule has 0 aliphatic carbocycles. The van der Waals surface area contributed by atoms with Crippen molar-refractivity contribution >= 4 is 32.7 Å². The van der Waals surface area contributed by atoms with Crippen molar-refractivity contribution in [3.8, 4) is 0 Å². The van der Waals surface area contributed by atoms with Gasteiger partial charge in [-0.3, -0.25) is 0 Å². The van der Waals surface area contributed by atoms with Crippen LogP contribution in [0, 0.1) is 0 Å². The Labute approximate surface area is 139 Å². The molecule has 0 aliphatic heterocycles. The van der Waals surface area contributed by atoms with Crippen molar-refractivity contribution in [3.05, 3.63) is 78.4 Å². The molecule has 0 radical (unpaired) electrons. The molecule has 4 nitrogen and oxygen atoms in total. The van der Waals surface area contributed by atoms with Crippen LogP contribution in [0.1, 0.15) is 5.56 Å². The average Bonchev–Trinajstić information content (AvgIpc) is 2.59. The fourth-order valence-electron chi connectivity index (χ4n) is 2.49. The van der Waals surface area contributed by atoms with Crippen LogP contribution in [0.15, 0.2) is 82.6 Å². The molecule has 0 aliphatic rings. The van der Waals surface area contributed by atoms with E-state index in [0.717, 1.165) is 16.8 Å². The molecule has 3 rings (SSSR count). The summed E-state index contributed by atoms with van der Waals surface area (Å²) in [6.45, 7) is 0. The van der Waals surface area contributed by atoms with Gasteiger partial charge in [-0.1, -0.05) is 48.5 Å². The Morgan fingerprint density at radius 2 is 1.54 bits per heavy atom. The predicted molar refractivity (Wildman–Crippen MR) is 92.5 cm³/mol. The van der Waals surface area contributed by atoms with Crippen molar-refractivity contribution in [3.63, 3.8) is 0 Å². The molecule has 3 aromatic carbocycles. The minimum absolute atomic E-state index is 0.0813. The first-order valence-electron chi connectivity index (χ1n) is 7.22. The summed E-state index contributed by atoms with van der Waals surface area (Å²) in [6.07, 6.45) is 2.21. The number of aliphatic carboxylic acids is 1. The maximum Gasteiger partial charge on any atom is 0.328 e. The van der Waals surface area contributed by atoms with Crippen molar-refractivity contribution in [1.82, 2.24) is 0 Å². The molecule has 0 unspecified atom stereocenters. The van der Waals surface area contributed by atoms with Crippen LogP contribution in [-0.2, 0) is 14.6 Å². The molecule has 5 heteroatoms. The maximum atomic E-state index is 13.0.